The van der Waals surface area contributed by atoms with Crippen LogP contribution in [0.5, 0.6) is 0 Å². The van der Waals surface area contributed by atoms with Gasteiger partial charge in [-0.2, -0.15) is 5.10 Å². The second-order valence-electron chi connectivity index (χ2n) is 4.71. The van der Waals surface area contributed by atoms with Crippen LogP contribution in [-0.2, 0) is 6.42 Å². The molecule has 0 bridgehead atoms. The van der Waals surface area contributed by atoms with Crippen molar-refractivity contribution in [2.45, 2.75) is 25.8 Å². The minimum Gasteiger partial charge on any atom is -0.385 e. The molecule has 0 fully saturated rings. The van der Waals surface area contributed by atoms with E-state index in [0.717, 1.165) is 30.7 Å². The highest BCUT2D eigenvalue weighted by atomic mass is 16.2. The number of benzene rings is 1. The highest BCUT2D eigenvalue weighted by molar-refractivity contribution is 6.07. The van der Waals surface area contributed by atoms with Crippen molar-refractivity contribution in [2.75, 3.05) is 11.9 Å². The molecule has 0 spiro atoms. The van der Waals surface area contributed by atoms with Crippen LogP contribution in [0.4, 0.5) is 10.5 Å². The maximum atomic E-state index is 11.1. The van der Waals surface area contributed by atoms with Gasteiger partial charge in [-0.1, -0.05) is 6.07 Å². The number of fused-ring (bicyclic) bond motifs is 1. The van der Waals surface area contributed by atoms with E-state index in [-0.39, 0.29) is 12.1 Å². The van der Waals surface area contributed by atoms with Gasteiger partial charge in [0.1, 0.15) is 0 Å². The second-order valence-corrected chi connectivity index (χ2v) is 4.71. The number of hydrogen-bond acceptors (Lipinski definition) is 3. The van der Waals surface area contributed by atoms with Crippen molar-refractivity contribution in [3.8, 4) is 0 Å². The Morgan fingerprint density at radius 1 is 1.39 bits per heavy atom. The van der Waals surface area contributed by atoms with Crippen LogP contribution in [0.2, 0.25) is 0 Å². The Balaban J connectivity index is 1.95. The van der Waals surface area contributed by atoms with Crippen LogP contribution in [0.3, 0.4) is 0 Å². The molecule has 3 rings (SSSR count). The smallest absolute Gasteiger partial charge is 0.335 e. The predicted molar refractivity (Wildman–Crippen MR) is 70.9 cm³/mol. The number of aryl methyl sites for hydroxylation is 1. The monoisotopic (exact) mass is 244 g/mol. The van der Waals surface area contributed by atoms with E-state index in [1.54, 1.807) is 0 Å². The third kappa shape index (κ3) is 1.92. The standard InChI is InChI=1S/C13H16N4O/c1-8-12(16-17-13(18)15-8)10-4-5-11-9(7-10)3-2-6-14-11/h4-5,7-8,14H,2-3,6H2,1H3,(H2,15,17,18). The first kappa shape index (κ1) is 11.1. The van der Waals surface area contributed by atoms with Gasteiger partial charge in [-0.05, 0) is 37.5 Å². The summed E-state index contributed by atoms with van der Waals surface area (Å²) in [6.45, 7) is 2.98. The molecule has 94 valence electrons. The van der Waals surface area contributed by atoms with Gasteiger partial charge in [0.25, 0.3) is 0 Å². The van der Waals surface area contributed by atoms with E-state index >= 15 is 0 Å². The zero-order valence-electron chi connectivity index (χ0n) is 10.3. The Hall–Kier alpha value is -2.04. The number of anilines is 1. The molecule has 2 heterocycles. The molecular weight excluding hydrogens is 228 g/mol. The van der Waals surface area contributed by atoms with Gasteiger partial charge < -0.3 is 10.6 Å². The fraction of sp³-hybridized carbons (Fsp3) is 0.385. The minimum atomic E-state index is -0.245. The van der Waals surface area contributed by atoms with Crippen LogP contribution in [-0.4, -0.2) is 24.3 Å². The number of hydrazone groups is 1. The lowest BCUT2D eigenvalue weighted by atomic mass is 9.96. The molecule has 5 heteroatoms. The Kier molecular flexibility index (Phi) is 2.66. The minimum absolute atomic E-state index is 0.0617. The van der Waals surface area contributed by atoms with E-state index in [9.17, 15) is 4.79 Å². The molecule has 2 aliphatic rings. The van der Waals surface area contributed by atoms with E-state index in [0.29, 0.717) is 0 Å². The first-order valence-electron chi connectivity index (χ1n) is 6.25. The quantitative estimate of drug-likeness (QED) is 0.700. The van der Waals surface area contributed by atoms with Gasteiger partial charge in [0, 0.05) is 17.8 Å². The molecule has 1 unspecified atom stereocenters. The first-order valence-corrected chi connectivity index (χ1v) is 6.25. The zero-order chi connectivity index (χ0) is 12.5. The maximum Gasteiger partial charge on any atom is 0.335 e. The Bertz CT molecular complexity index is 524. The molecule has 5 nitrogen and oxygen atoms in total. The van der Waals surface area contributed by atoms with E-state index in [1.807, 2.05) is 13.0 Å². The van der Waals surface area contributed by atoms with Gasteiger partial charge in [0.15, 0.2) is 0 Å². The van der Waals surface area contributed by atoms with Gasteiger partial charge in [-0.15, -0.1) is 0 Å². The van der Waals surface area contributed by atoms with Crippen LogP contribution >= 0.6 is 0 Å². The summed E-state index contributed by atoms with van der Waals surface area (Å²) in [5.41, 5.74) is 6.95. The third-order valence-electron chi connectivity index (χ3n) is 3.38. The summed E-state index contributed by atoms with van der Waals surface area (Å²) in [5.74, 6) is 0. The van der Waals surface area contributed by atoms with E-state index in [1.165, 1.54) is 11.3 Å². The van der Waals surface area contributed by atoms with Crippen molar-refractivity contribution in [3.63, 3.8) is 0 Å². The van der Waals surface area contributed by atoms with Gasteiger partial charge in [-0.25, -0.2) is 10.2 Å². The number of hydrogen-bond donors (Lipinski definition) is 3. The van der Waals surface area contributed by atoms with Crippen molar-refractivity contribution >= 4 is 17.4 Å². The predicted octanol–water partition coefficient (Wildman–Crippen LogP) is 1.45. The number of amides is 2. The van der Waals surface area contributed by atoms with Crippen LogP contribution in [0.1, 0.15) is 24.5 Å². The molecule has 1 aromatic carbocycles. The van der Waals surface area contributed by atoms with Crippen LogP contribution in [0, 0.1) is 0 Å². The summed E-state index contributed by atoms with van der Waals surface area (Å²) in [6, 6.07) is 6.00. The Morgan fingerprint density at radius 2 is 2.28 bits per heavy atom. The number of urea groups is 1. The topological polar surface area (TPSA) is 65.5 Å². The molecule has 18 heavy (non-hydrogen) atoms. The number of nitrogens with one attached hydrogen (secondary N) is 3. The van der Waals surface area contributed by atoms with Gasteiger partial charge in [-0.3, -0.25) is 0 Å². The highest BCUT2D eigenvalue weighted by Crippen LogP contribution is 2.23. The van der Waals surface area contributed by atoms with Crippen LogP contribution < -0.4 is 16.1 Å². The molecule has 2 amide bonds. The molecule has 0 aliphatic carbocycles. The number of carbonyl (C=O) groups excluding carboxylic acids is 1. The van der Waals surface area contributed by atoms with Gasteiger partial charge in [0.2, 0.25) is 0 Å². The van der Waals surface area contributed by atoms with E-state index < -0.39 is 0 Å². The molecule has 0 radical (unpaired) electrons. The van der Waals surface area contributed by atoms with Crippen molar-refractivity contribution < 1.29 is 4.79 Å². The van der Waals surface area contributed by atoms with E-state index in [4.69, 9.17) is 0 Å². The Labute approximate surface area is 106 Å². The summed E-state index contributed by atoms with van der Waals surface area (Å²) >= 11 is 0. The Morgan fingerprint density at radius 3 is 3.11 bits per heavy atom. The number of nitrogens with zero attached hydrogens (tertiary/aromatic N) is 1. The molecule has 0 saturated heterocycles. The van der Waals surface area contributed by atoms with Crippen molar-refractivity contribution in [2.24, 2.45) is 5.10 Å². The summed E-state index contributed by atoms with van der Waals surface area (Å²) < 4.78 is 0. The number of rotatable bonds is 1. The maximum absolute atomic E-state index is 11.1. The van der Waals surface area contributed by atoms with E-state index in [2.05, 4.69) is 33.3 Å². The fourth-order valence-electron chi connectivity index (χ4n) is 2.45. The molecular formula is C13H16N4O. The van der Waals surface area contributed by atoms with Crippen LogP contribution in [0.25, 0.3) is 0 Å². The molecule has 3 N–H and O–H groups in total. The van der Waals surface area contributed by atoms with Crippen molar-refractivity contribution in [1.82, 2.24) is 10.7 Å². The molecule has 1 aromatic rings. The summed E-state index contributed by atoms with van der Waals surface area (Å²) in [7, 11) is 0. The second kappa shape index (κ2) is 4.33. The lowest BCUT2D eigenvalue weighted by Gasteiger charge is -2.23. The summed E-state index contributed by atoms with van der Waals surface area (Å²) in [6.07, 6.45) is 2.26. The van der Waals surface area contributed by atoms with Gasteiger partial charge in [0.05, 0.1) is 11.8 Å². The highest BCUT2D eigenvalue weighted by Gasteiger charge is 2.21. The SMILES string of the molecule is CC1NC(=O)NN=C1c1ccc2c(c1)CCCN2. The van der Waals surface area contributed by atoms with Gasteiger partial charge >= 0.3 is 6.03 Å². The third-order valence-corrected chi connectivity index (χ3v) is 3.38. The molecule has 1 atom stereocenters. The largest absolute Gasteiger partial charge is 0.385 e. The fourth-order valence-corrected chi connectivity index (χ4v) is 2.45. The molecule has 0 saturated carbocycles. The lowest BCUT2D eigenvalue weighted by Crippen LogP contribution is -2.48. The summed E-state index contributed by atoms with van der Waals surface area (Å²) in [4.78, 5) is 11.1. The average molecular weight is 244 g/mol. The molecule has 0 aromatic heterocycles. The number of carbonyl (C=O) groups is 1. The van der Waals surface area contributed by atoms with Crippen molar-refractivity contribution in [1.29, 1.82) is 0 Å². The average Bonchev–Trinajstić information content (AvgIpc) is 2.38. The lowest BCUT2D eigenvalue weighted by molar-refractivity contribution is 0.239. The first-order chi connectivity index (χ1) is 8.74. The summed E-state index contributed by atoms with van der Waals surface area (Å²) in [5, 5.41) is 10.3. The molecule has 2 aliphatic heterocycles. The van der Waals surface area contributed by atoms with Crippen LogP contribution in [0.15, 0.2) is 23.3 Å². The normalized spacial score (nSPS) is 22.2. The zero-order valence-corrected chi connectivity index (χ0v) is 10.3. The van der Waals surface area contributed by atoms with Crippen molar-refractivity contribution in [3.05, 3.63) is 29.3 Å².